The van der Waals surface area contributed by atoms with E-state index in [0.717, 1.165) is 34.8 Å². The average Bonchev–Trinajstić information content (AvgIpc) is 3.56. The lowest BCUT2D eigenvalue weighted by Crippen LogP contribution is -2.48. The van der Waals surface area contributed by atoms with Crippen LogP contribution in [0.4, 0.5) is 17.1 Å². The Morgan fingerprint density at radius 2 is 1.07 bits per heavy atom. The first kappa shape index (κ1) is 15.5. The van der Waals surface area contributed by atoms with E-state index >= 15 is 0 Å². The van der Waals surface area contributed by atoms with Crippen LogP contribution in [0.3, 0.4) is 0 Å². The molecule has 3 aliphatic heterocycles. The Morgan fingerprint density at radius 3 is 1.43 bits per heavy atom. The number of hydrogen-bond donors (Lipinski definition) is 0. The van der Waals surface area contributed by atoms with Crippen LogP contribution in [-0.2, 0) is 19.8 Å². The number of carbonyl (C=O) groups is 3. The summed E-state index contributed by atoms with van der Waals surface area (Å²) in [5, 5.41) is 0. The third-order valence-corrected chi connectivity index (χ3v) is 8.04. The molecule has 3 amide bonds. The van der Waals surface area contributed by atoms with Crippen molar-refractivity contribution < 1.29 is 14.4 Å². The molecule has 0 spiro atoms. The van der Waals surface area contributed by atoms with Gasteiger partial charge < -0.3 is 0 Å². The highest BCUT2D eigenvalue weighted by molar-refractivity contribution is 6.24. The quantitative estimate of drug-likeness (QED) is 0.756. The molecule has 0 radical (unpaired) electrons. The van der Waals surface area contributed by atoms with E-state index in [1.54, 1.807) is 14.7 Å². The van der Waals surface area contributed by atoms with Gasteiger partial charge in [-0.25, -0.2) is 0 Å². The number of hydrogen-bond acceptors (Lipinski definition) is 3. The zero-order valence-corrected chi connectivity index (χ0v) is 15.8. The lowest BCUT2D eigenvalue weighted by Gasteiger charge is -2.57. The number of benzene rings is 1. The molecule has 6 nitrogen and oxygen atoms in total. The second-order valence-electron chi connectivity index (χ2n) is 10.0. The second kappa shape index (κ2) is 4.78. The fourth-order valence-corrected chi connectivity index (χ4v) is 7.01. The largest absolute Gasteiger partial charge is 0.299 e. The molecule has 4 saturated carbocycles. The van der Waals surface area contributed by atoms with Crippen LogP contribution in [0, 0.1) is 17.8 Å². The molecule has 0 atom stereocenters. The van der Waals surface area contributed by atoms with Crippen molar-refractivity contribution in [1.82, 2.24) is 0 Å². The van der Waals surface area contributed by atoms with Gasteiger partial charge in [0.15, 0.2) is 0 Å². The summed E-state index contributed by atoms with van der Waals surface area (Å²) in [5.41, 5.74) is 3.96. The highest BCUT2D eigenvalue weighted by Gasteiger charge is 2.53. The maximum Gasteiger partial charge on any atom is 0.247 e. The van der Waals surface area contributed by atoms with Gasteiger partial charge in [0.05, 0.1) is 17.1 Å². The molecule has 0 aromatic heterocycles. The van der Waals surface area contributed by atoms with Crippen LogP contribution < -0.4 is 14.7 Å². The van der Waals surface area contributed by atoms with Gasteiger partial charge in [0.25, 0.3) is 0 Å². The number of anilines is 3. The summed E-state index contributed by atoms with van der Waals surface area (Å²) >= 11 is 0. The molecule has 4 aliphatic carbocycles. The van der Waals surface area contributed by atoms with E-state index in [-0.39, 0.29) is 23.1 Å². The van der Waals surface area contributed by atoms with E-state index in [4.69, 9.17) is 0 Å². The zero-order chi connectivity index (χ0) is 18.8. The van der Waals surface area contributed by atoms with Crippen LogP contribution in [0.15, 0.2) is 12.1 Å². The lowest BCUT2D eigenvalue weighted by molar-refractivity contribution is -0.110. The summed E-state index contributed by atoms with van der Waals surface area (Å²) in [6.45, 7) is 1.19. The normalized spacial score (nSPS) is 37.2. The van der Waals surface area contributed by atoms with Gasteiger partial charge in [-0.15, -0.1) is 0 Å². The van der Waals surface area contributed by atoms with E-state index in [1.807, 2.05) is 0 Å². The molecule has 6 heteroatoms. The molecule has 0 unspecified atom stereocenters. The van der Waals surface area contributed by atoms with E-state index in [9.17, 15) is 14.4 Å². The molecule has 1 aromatic rings. The molecule has 144 valence electrons. The standard InChI is InChI=1S/C22H23N3O3/c26-18-9-23(18)16-4-15(22-6-12-1-13(7-22)3-14(2-12)8-22)5-17(24-10-19(24)27)21(16)25-11-20(25)28/h4-5,12-14H,1-3,6-11H2. The minimum atomic E-state index is 0.0636. The second-order valence-corrected chi connectivity index (χ2v) is 10.0. The van der Waals surface area contributed by atoms with Crippen molar-refractivity contribution in [3.8, 4) is 0 Å². The van der Waals surface area contributed by atoms with E-state index in [1.165, 1.54) is 44.1 Å². The maximum atomic E-state index is 12.0. The Labute approximate surface area is 163 Å². The van der Waals surface area contributed by atoms with Gasteiger partial charge in [-0.2, -0.15) is 0 Å². The predicted octanol–water partition coefficient (Wildman–Crippen LogP) is 2.19. The Morgan fingerprint density at radius 1 is 0.679 bits per heavy atom. The molecular weight excluding hydrogens is 354 g/mol. The van der Waals surface area contributed by atoms with Gasteiger partial charge in [-0.05, 0) is 79.4 Å². The molecule has 4 bridgehead atoms. The summed E-state index contributed by atoms with van der Waals surface area (Å²) in [6, 6.07) is 4.38. The van der Waals surface area contributed by atoms with Crippen molar-refractivity contribution in [2.75, 3.05) is 34.3 Å². The zero-order valence-electron chi connectivity index (χ0n) is 15.8. The third kappa shape index (κ3) is 2.06. The first-order chi connectivity index (χ1) is 13.5. The van der Waals surface area contributed by atoms with Crippen LogP contribution in [0.1, 0.15) is 44.1 Å². The van der Waals surface area contributed by atoms with Crippen molar-refractivity contribution in [2.24, 2.45) is 17.8 Å². The summed E-state index contributed by atoms with van der Waals surface area (Å²) in [6.07, 6.45) is 7.86. The summed E-state index contributed by atoms with van der Waals surface area (Å²) in [4.78, 5) is 41.3. The molecule has 7 aliphatic rings. The maximum absolute atomic E-state index is 12.0. The summed E-state index contributed by atoms with van der Waals surface area (Å²) in [7, 11) is 0. The highest BCUT2D eigenvalue weighted by Crippen LogP contribution is 2.62. The third-order valence-electron chi connectivity index (χ3n) is 8.04. The lowest BCUT2D eigenvalue weighted by atomic mass is 9.48. The van der Waals surface area contributed by atoms with Gasteiger partial charge in [-0.1, -0.05) is 0 Å². The van der Waals surface area contributed by atoms with Crippen LogP contribution in [-0.4, -0.2) is 37.4 Å². The van der Waals surface area contributed by atoms with Crippen LogP contribution in [0.25, 0.3) is 0 Å². The highest BCUT2D eigenvalue weighted by atomic mass is 16.2. The fourth-order valence-electron chi connectivity index (χ4n) is 7.01. The van der Waals surface area contributed by atoms with E-state index in [0.29, 0.717) is 19.6 Å². The Kier molecular flexibility index (Phi) is 2.65. The van der Waals surface area contributed by atoms with Crippen LogP contribution in [0.5, 0.6) is 0 Å². The first-order valence-electron chi connectivity index (χ1n) is 10.6. The monoisotopic (exact) mass is 377 g/mol. The molecular formula is C22H23N3O3. The van der Waals surface area contributed by atoms with Gasteiger partial charge in [0.1, 0.15) is 19.6 Å². The SMILES string of the molecule is O=C1CN1c1cc(C23CC4CC(CC(C4)C2)C3)cc(N2CC2=O)c1N1CC1=O. The van der Waals surface area contributed by atoms with E-state index in [2.05, 4.69) is 12.1 Å². The summed E-state index contributed by atoms with van der Waals surface area (Å²) in [5.74, 6) is 2.75. The minimum Gasteiger partial charge on any atom is -0.299 e. The molecule has 1 aromatic carbocycles. The van der Waals surface area contributed by atoms with Crippen molar-refractivity contribution in [2.45, 2.75) is 43.9 Å². The van der Waals surface area contributed by atoms with Crippen LogP contribution >= 0.6 is 0 Å². The van der Waals surface area contributed by atoms with Gasteiger partial charge >= 0.3 is 0 Å². The summed E-state index contributed by atoms with van der Waals surface area (Å²) < 4.78 is 0. The van der Waals surface area contributed by atoms with Gasteiger partial charge in [0.2, 0.25) is 17.7 Å². The number of nitrogens with zero attached hydrogens (tertiary/aromatic N) is 3. The number of carbonyl (C=O) groups excluding carboxylic acids is 3. The molecule has 7 fully saturated rings. The predicted molar refractivity (Wildman–Crippen MR) is 103 cm³/mol. The van der Waals surface area contributed by atoms with Gasteiger partial charge in [-0.3, -0.25) is 29.1 Å². The van der Waals surface area contributed by atoms with Crippen LogP contribution in [0.2, 0.25) is 0 Å². The number of rotatable bonds is 4. The Hall–Kier alpha value is -2.37. The Balaban J connectivity index is 1.41. The average molecular weight is 377 g/mol. The van der Waals surface area contributed by atoms with Gasteiger partial charge in [0, 0.05) is 0 Å². The van der Waals surface area contributed by atoms with Crippen molar-refractivity contribution in [1.29, 1.82) is 0 Å². The fraction of sp³-hybridized carbons (Fsp3) is 0.591. The smallest absolute Gasteiger partial charge is 0.247 e. The van der Waals surface area contributed by atoms with Crippen molar-refractivity contribution in [3.63, 3.8) is 0 Å². The first-order valence-corrected chi connectivity index (χ1v) is 10.6. The molecule has 0 N–H and O–H groups in total. The van der Waals surface area contributed by atoms with Crippen molar-refractivity contribution >= 4 is 34.8 Å². The van der Waals surface area contributed by atoms with E-state index < -0.39 is 0 Å². The minimum absolute atomic E-state index is 0.0636. The molecule has 28 heavy (non-hydrogen) atoms. The number of amides is 3. The topological polar surface area (TPSA) is 60.2 Å². The Bertz CT molecular complexity index is 905. The van der Waals surface area contributed by atoms with Crippen molar-refractivity contribution in [3.05, 3.63) is 17.7 Å². The molecule has 8 rings (SSSR count). The molecule has 3 saturated heterocycles. The molecule has 3 heterocycles.